The van der Waals surface area contributed by atoms with Crippen molar-refractivity contribution in [1.29, 1.82) is 0 Å². The van der Waals surface area contributed by atoms with Crippen molar-refractivity contribution in [2.24, 2.45) is 11.8 Å². The van der Waals surface area contributed by atoms with Crippen molar-refractivity contribution < 1.29 is 0 Å². The van der Waals surface area contributed by atoms with E-state index in [1.807, 2.05) is 0 Å². The number of hydrogen-bond donors (Lipinski definition) is 1. The Balaban J connectivity index is 1.41. The van der Waals surface area contributed by atoms with Gasteiger partial charge in [-0.2, -0.15) is 0 Å². The maximum atomic E-state index is 3.97. The Labute approximate surface area is 125 Å². The Bertz CT molecular complexity index is 307. The molecule has 0 amide bonds. The van der Waals surface area contributed by atoms with E-state index in [0.29, 0.717) is 0 Å². The van der Waals surface area contributed by atoms with E-state index in [1.54, 1.807) is 0 Å². The van der Waals surface area contributed by atoms with Crippen LogP contribution in [0.3, 0.4) is 0 Å². The molecule has 3 fully saturated rings. The van der Waals surface area contributed by atoms with Gasteiger partial charge in [-0.3, -0.25) is 0 Å². The first-order valence-electron chi connectivity index (χ1n) is 8.84. The zero-order valence-electron chi connectivity index (χ0n) is 13.5. The lowest BCUT2D eigenvalue weighted by atomic mass is 9.78. The highest BCUT2D eigenvalue weighted by molar-refractivity contribution is 4.90. The van der Waals surface area contributed by atoms with Crippen LogP contribution in [-0.4, -0.2) is 62.2 Å². The summed E-state index contributed by atoms with van der Waals surface area (Å²) in [6.45, 7) is 5.14. The highest BCUT2D eigenvalue weighted by atomic mass is 15.2. The SMILES string of the molecule is CN1CCC(CN(C)CC2CCC3CCCCC3N2)C1. The minimum atomic E-state index is 0.749. The second kappa shape index (κ2) is 6.76. The lowest BCUT2D eigenvalue weighted by Gasteiger charge is -2.41. The summed E-state index contributed by atoms with van der Waals surface area (Å²) in [5, 5.41) is 3.97. The molecule has 3 aliphatic rings. The lowest BCUT2D eigenvalue weighted by molar-refractivity contribution is 0.147. The van der Waals surface area contributed by atoms with Crippen LogP contribution in [0.15, 0.2) is 0 Å². The Morgan fingerprint density at radius 2 is 1.90 bits per heavy atom. The van der Waals surface area contributed by atoms with Gasteiger partial charge in [-0.15, -0.1) is 0 Å². The molecule has 2 heterocycles. The van der Waals surface area contributed by atoms with Crippen molar-refractivity contribution in [3.8, 4) is 0 Å². The largest absolute Gasteiger partial charge is 0.310 e. The fourth-order valence-corrected chi connectivity index (χ4v) is 4.78. The number of fused-ring (bicyclic) bond motifs is 1. The normalized spacial score (nSPS) is 39.1. The van der Waals surface area contributed by atoms with Crippen LogP contribution in [0, 0.1) is 11.8 Å². The van der Waals surface area contributed by atoms with Crippen LogP contribution >= 0.6 is 0 Å². The van der Waals surface area contributed by atoms with E-state index >= 15 is 0 Å². The maximum absolute atomic E-state index is 3.97. The molecule has 0 aromatic rings. The number of nitrogens with one attached hydrogen (secondary N) is 1. The van der Waals surface area contributed by atoms with E-state index < -0.39 is 0 Å². The molecule has 0 aromatic heterocycles. The Hall–Kier alpha value is -0.120. The van der Waals surface area contributed by atoms with Gasteiger partial charge in [0.1, 0.15) is 0 Å². The number of nitrogens with zero attached hydrogens (tertiary/aromatic N) is 2. The summed E-state index contributed by atoms with van der Waals surface area (Å²) >= 11 is 0. The number of likely N-dealkylation sites (N-methyl/N-ethyl adjacent to an activating group) is 1. The fourth-order valence-electron chi connectivity index (χ4n) is 4.78. The smallest absolute Gasteiger partial charge is 0.0197 e. The van der Waals surface area contributed by atoms with Crippen LogP contribution in [0.4, 0.5) is 0 Å². The molecule has 4 atom stereocenters. The van der Waals surface area contributed by atoms with E-state index in [9.17, 15) is 0 Å². The second-order valence-corrected chi connectivity index (χ2v) is 7.73. The van der Waals surface area contributed by atoms with Crippen molar-refractivity contribution in [3.05, 3.63) is 0 Å². The summed E-state index contributed by atoms with van der Waals surface area (Å²) < 4.78 is 0. The summed E-state index contributed by atoms with van der Waals surface area (Å²) in [5.41, 5.74) is 0. The van der Waals surface area contributed by atoms with Gasteiger partial charge in [-0.25, -0.2) is 0 Å². The Morgan fingerprint density at radius 3 is 2.70 bits per heavy atom. The van der Waals surface area contributed by atoms with Crippen LogP contribution in [0.5, 0.6) is 0 Å². The van der Waals surface area contributed by atoms with Gasteiger partial charge >= 0.3 is 0 Å². The number of hydrogen-bond acceptors (Lipinski definition) is 3. The van der Waals surface area contributed by atoms with Crippen molar-refractivity contribution in [1.82, 2.24) is 15.1 Å². The van der Waals surface area contributed by atoms with Gasteiger partial charge in [0, 0.05) is 31.7 Å². The molecule has 2 saturated heterocycles. The molecule has 3 heteroatoms. The molecule has 1 N–H and O–H groups in total. The first kappa shape index (κ1) is 14.8. The second-order valence-electron chi connectivity index (χ2n) is 7.73. The molecule has 0 radical (unpaired) electrons. The molecule has 4 unspecified atom stereocenters. The number of likely N-dealkylation sites (tertiary alicyclic amines) is 1. The molecule has 20 heavy (non-hydrogen) atoms. The molecule has 3 nitrogen and oxygen atoms in total. The van der Waals surface area contributed by atoms with Gasteiger partial charge in [-0.05, 0) is 64.6 Å². The van der Waals surface area contributed by atoms with E-state index in [1.165, 1.54) is 71.1 Å². The predicted octanol–water partition coefficient (Wildman–Crippen LogP) is 2.18. The maximum Gasteiger partial charge on any atom is 0.0197 e. The predicted molar refractivity (Wildman–Crippen MR) is 85.0 cm³/mol. The van der Waals surface area contributed by atoms with Gasteiger partial charge in [0.25, 0.3) is 0 Å². The molecule has 116 valence electrons. The van der Waals surface area contributed by atoms with Crippen molar-refractivity contribution in [2.75, 3.05) is 40.3 Å². The molecular weight excluding hydrogens is 246 g/mol. The Morgan fingerprint density at radius 1 is 1.05 bits per heavy atom. The van der Waals surface area contributed by atoms with Crippen molar-refractivity contribution >= 4 is 0 Å². The van der Waals surface area contributed by atoms with Crippen LogP contribution in [0.2, 0.25) is 0 Å². The third kappa shape index (κ3) is 3.75. The standard InChI is InChI=1S/C17H33N3/c1-19-10-9-14(11-19)12-20(2)13-16-8-7-15-5-3-4-6-17(15)18-16/h14-18H,3-13H2,1-2H3. The van der Waals surface area contributed by atoms with E-state index in [2.05, 4.69) is 29.2 Å². The summed E-state index contributed by atoms with van der Waals surface area (Å²) in [5.74, 6) is 1.89. The summed E-state index contributed by atoms with van der Waals surface area (Å²) in [6, 6.07) is 1.59. The van der Waals surface area contributed by atoms with Crippen molar-refractivity contribution in [2.45, 2.75) is 57.0 Å². The summed E-state index contributed by atoms with van der Waals surface area (Å²) in [4.78, 5) is 5.06. The molecule has 1 saturated carbocycles. The third-order valence-corrected chi connectivity index (χ3v) is 5.84. The van der Waals surface area contributed by atoms with E-state index in [4.69, 9.17) is 0 Å². The average molecular weight is 279 g/mol. The molecular formula is C17H33N3. The zero-order valence-corrected chi connectivity index (χ0v) is 13.5. The van der Waals surface area contributed by atoms with Crippen LogP contribution < -0.4 is 5.32 Å². The highest BCUT2D eigenvalue weighted by Crippen LogP contribution is 2.32. The highest BCUT2D eigenvalue weighted by Gasteiger charge is 2.32. The quantitative estimate of drug-likeness (QED) is 0.851. The minimum absolute atomic E-state index is 0.749. The average Bonchev–Trinajstić information content (AvgIpc) is 2.83. The number of rotatable bonds is 4. The van der Waals surface area contributed by atoms with Gasteiger partial charge < -0.3 is 15.1 Å². The monoisotopic (exact) mass is 279 g/mol. The minimum Gasteiger partial charge on any atom is -0.310 e. The van der Waals surface area contributed by atoms with Gasteiger partial charge in [0.05, 0.1) is 0 Å². The molecule has 0 bridgehead atoms. The first-order valence-corrected chi connectivity index (χ1v) is 8.84. The molecule has 3 rings (SSSR count). The first-order chi connectivity index (χ1) is 9.70. The van der Waals surface area contributed by atoms with Gasteiger partial charge in [0.15, 0.2) is 0 Å². The van der Waals surface area contributed by atoms with E-state index in [0.717, 1.165) is 23.9 Å². The molecule has 0 aromatic carbocycles. The summed E-state index contributed by atoms with van der Waals surface area (Å²) in [7, 11) is 4.58. The van der Waals surface area contributed by atoms with Crippen LogP contribution in [0.1, 0.15) is 44.9 Å². The van der Waals surface area contributed by atoms with E-state index in [-0.39, 0.29) is 0 Å². The van der Waals surface area contributed by atoms with Gasteiger partial charge in [0.2, 0.25) is 0 Å². The topological polar surface area (TPSA) is 18.5 Å². The lowest BCUT2D eigenvalue weighted by Crippen LogP contribution is -2.52. The molecule has 1 aliphatic carbocycles. The van der Waals surface area contributed by atoms with Crippen molar-refractivity contribution in [3.63, 3.8) is 0 Å². The Kier molecular flexibility index (Phi) is 5.00. The van der Waals surface area contributed by atoms with Gasteiger partial charge in [-0.1, -0.05) is 12.8 Å². The molecule has 0 spiro atoms. The molecule has 2 aliphatic heterocycles. The zero-order chi connectivity index (χ0) is 13.9. The summed E-state index contributed by atoms with van der Waals surface area (Å²) in [6.07, 6.45) is 10.1. The van der Waals surface area contributed by atoms with Crippen LogP contribution in [0.25, 0.3) is 0 Å². The number of piperidine rings is 1. The van der Waals surface area contributed by atoms with Crippen LogP contribution in [-0.2, 0) is 0 Å². The third-order valence-electron chi connectivity index (χ3n) is 5.84. The fraction of sp³-hybridized carbons (Fsp3) is 1.00.